The van der Waals surface area contributed by atoms with E-state index in [1.54, 1.807) is 5.56 Å². The first-order chi connectivity index (χ1) is 20.6. The molecule has 2 atom stereocenters. The first-order valence-corrected chi connectivity index (χ1v) is 16.1. The summed E-state index contributed by atoms with van der Waals surface area (Å²) in [6.07, 6.45) is 3.37. The molecule has 0 radical (unpaired) electrons. The molecule has 6 aromatic carbocycles. The van der Waals surface area contributed by atoms with Crippen LogP contribution < -0.4 is 0 Å². The van der Waals surface area contributed by atoms with Crippen LogP contribution in [0.2, 0.25) is 0 Å². The van der Waals surface area contributed by atoms with E-state index in [0.717, 1.165) is 12.8 Å². The van der Waals surface area contributed by atoms with Crippen LogP contribution in [0.15, 0.2) is 109 Å². The molecule has 1 aromatic heterocycles. The molecule has 42 heavy (non-hydrogen) atoms. The molecule has 9 rings (SSSR count). The Morgan fingerprint density at radius 3 is 2.45 bits per heavy atom. The van der Waals surface area contributed by atoms with Gasteiger partial charge in [0.1, 0.15) is 0 Å². The van der Waals surface area contributed by atoms with Gasteiger partial charge in [-0.25, -0.2) is 0 Å². The van der Waals surface area contributed by atoms with Crippen molar-refractivity contribution in [1.29, 1.82) is 0 Å². The van der Waals surface area contributed by atoms with Gasteiger partial charge in [0, 0.05) is 26.1 Å². The Morgan fingerprint density at radius 2 is 1.50 bits per heavy atom. The number of rotatable bonds is 2. The third-order valence-corrected chi connectivity index (χ3v) is 11.1. The van der Waals surface area contributed by atoms with Gasteiger partial charge in [0.25, 0.3) is 0 Å². The lowest BCUT2D eigenvalue weighted by Crippen LogP contribution is -2.18. The van der Waals surface area contributed by atoms with Gasteiger partial charge in [0.05, 0.1) is 0 Å². The fraction of sp³-hybridized carbons (Fsp3) is 0.171. The lowest BCUT2D eigenvalue weighted by atomic mass is 9.73. The van der Waals surface area contributed by atoms with Gasteiger partial charge in [0.2, 0.25) is 0 Å². The molecule has 2 aliphatic carbocycles. The molecular weight excluding hydrogens is 525 g/mol. The van der Waals surface area contributed by atoms with E-state index < -0.39 is 0 Å². The van der Waals surface area contributed by atoms with Gasteiger partial charge in [-0.1, -0.05) is 97.4 Å². The zero-order valence-corrected chi connectivity index (χ0v) is 24.9. The van der Waals surface area contributed by atoms with Crippen LogP contribution in [0.25, 0.3) is 53.2 Å². The third-order valence-electron chi connectivity index (χ3n) is 9.95. The molecule has 0 nitrogen and oxygen atoms in total. The predicted octanol–water partition coefficient (Wildman–Crippen LogP) is 11.5. The quantitative estimate of drug-likeness (QED) is 0.199. The van der Waals surface area contributed by atoms with Crippen molar-refractivity contribution in [2.45, 2.75) is 39.0 Å². The maximum Gasteiger partial charge on any atom is 0.0358 e. The molecule has 2 unspecified atom stereocenters. The normalized spacial score (nSPS) is 17.5. The second kappa shape index (κ2) is 9.15. The van der Waals surface area contributed by atoms with E-state index in [0.29, 0.717) is 11.8 Å². The fourth-order valence-electron chi connectivity index (χ4n) is 7.95. The summed E-state index contributed by atoms with van der Waals surface area (Å²) in [7, 11) is 0. The highest BCUT2D eigenvalue weighted by atomic mass is 32.1. The van der Waals surface area contributed by atoms with Gasteiger partial charge in [-0.15, -0.1) is 11.3 Å². The molecule has 0 spiro atoms. The minimum Gasteiger partial charge on any atom is -0.135 e. The van der Waals surface area contributed by atoms with Crippen LogP contribution in [0.4, 0.5) is 0 Å². The van der Waals surface area contributed by atoms with E-state index in [4.69, 9.17) is 0 Å². The highest BCUT2D eigenvalue weighted by Gasteiger charge is 2.28. The highest BCUT2D eigenvalue weighted by molar-refractivity contribution is 7.25. The Kier molecular flexibility index (Phi) is 5.32. The minimum absolute atomic E-state index is 0.434. The summed E-state index contributed by atoms with van der Waals surface area (Å²) in [5.41, 5.74) is 14.3. The molecule has 0 fully saturated rings. The first-order valence-electron chi connectivity index (χ1n) is 15.3. The lowest BCUT2D eigenvalue weighted by molar-refractivity contribution is 0.467. The summed E-state index contributed by atoms with van der Waals surface area (Å²) in [5, 5.41) is 5.59. The van der Waals surface area contributed by atoms with Crippen molar-refractivity contribution in [3.05, 3.63) is 143 Å². The van der Waals surface area contributed by atoms with Crippen molar-refractivity contribution in [3.63, 3.8) is 0 Å². The van der Waals surface area contributed by atoms with Crippen LogP contribution in [0.5, 0.6) is 0 Å². The fourth-order valence-corrected chi connectivity index (χ4v) is 9.08. The Labute approximate surface area is 251 Å². The summed E-state index contributed by atoms with van der Waals surface area (Å²) >= 11 is 1.94. The molecule has 1 heterocycles. The Balaban J connectivity index is 1.17. The van der Waals surface area contributed by atoms with Crippen LogP contribution in [0.1, 0.15) is 52.6 Å². The van der Waals surface area contributed by atoms with Gasteiger partial charge in [0.15, 0.2) is 0 Å². The number of hydrogen-bond donors (Lipinski definition) is 0. The average molecular weight is 557 g/mol. The summed E-state index contributed by atoms with van der Waals surface area (Å²) in [6, 6.07) is 41.9. The maximum atomic E-state index is 2.50. The summed E-state index contributed by atoms with van der Waals surface area (Å²) in [6.45, 7) is 4.64. The van der Waals surface area contributed by atoms with Crippen LogP contribution in [-0.4, -0.2) is 0 Å². The summed E-state index contributed by atoms with van der Waals surface area (Å²) in [4.78, 5) is 0. The van der Waals surface area contributed by atoms with E-state index in [9.17, 15) is 0 Å². The zero-order valence-electron chi connectivity index (χ0n) is 24.1. The molecular formula is C41H32S. The average Bonchev–Trinajstić information content (AvgIpc) is 3.58. The number of thiophene rings is 1. The second-order valence-electron chi connectivity index (χ2n) is 12.7. The largest absolute Gasteiger partial charge is 0.135 e. The van der Waals surface area contributed by atoms with E-state index in [2.05, 4.69) is 123 Å². The Bertz CT molecular complexity index is 2210. The molecule has 0 aliphatic heterocycles. The van der Waals surface area contributed by atoms with Gasteiger partial charge < -0.3 is 0 Å². The van der Waals surface area contributed by atoms with Crippen LogP contribution in [-0.2, 0) is 12.8 Å². The zero-order chi connectivity index (χ0) is 27.9. The van der Waals surface area contributed by atoms with Gasteiger partial charge in [-0.05, 0) is 117 Å². The molecule has 0 bridgehead atoms. The molecule has 0 N–H and O–H groups in total. The maximum absolute atomic E-state index is 2.50. The van der Waals surface area contributed by atoms with Crippen LogP contribution in [0.3, 0.4) is 0 Å². The third kappa shape index (κ3) is 3.66. The minimum atomic E-state index is 0.434. The van der Waals surface area contributed by atoms with Crippen molar-refractivity contribution in [3.8, 4) is 22.3 Å². The topological polar surface area (TPSA) is 0 Å². The molecule has 0 saturated carbocycles. The van der Waals surface area contributed by atoms with Gasteiger partial charge >= 0.3 is 0 Å². The predicted molar refractivity (Wildman–Crippen MR) is 181 cm³/mol. The molecule has 2 aliphatic rings. The van der Waals surface area contributed by atoms with Crippen molar-refractivity contribution in [2.24, 2.45) is 5.92 Å². The monoisotopic (exact) mass is 556 g/mol. The standard InChI is InChI=1S/C41H32S/c1-24-10-17-40-39(18-24)34-16-14-29(23-41(34)42-40)35-19-25(2)20-37-33(35)15-13-26-11-12-28(21-36(26)37)31-8-5-9-32-30-7-4-3-6-27(30)22-38(31)32/h3-18,21,23,25,35H,19-20,22H2,1-2H3. The molecule has 202 valence electrons. The SMILES string of the molecule is Cc1ccc2sc3cc(C4CC(C)Cc5c4ccc4ccc(-c6cccc7c6Cc6ccccc6-7)cc54)ccc3c2c1. The molecule has 0 saturated heterocycles. The highest BCUT2D eigenvalue weighted by Crippen LogP contribution is 2.46. The smallest absolute Gasteiger partial charge is 0.0358 e. The second-order valence-corrected chi connectivity index (χ2v) is 13.8. The number of fused-ring (bicyclic) bond motifs is 9. The van der Waals surface area contributed by atoms with Crippen molar-refractivity contribution >= 4 is 42.3 Å². The number of hydrogen-bond acceptors (Lipinski definition) is 1. The lowest BCUT2D eigenvalue weighted by Gasteiger charge is -2.31. The Hall–Kier alpha value is -4.20. The van der Waals surface area contributed by atoms with Crippen LogP contribution >= 0.6 is 11.3 Å². The van der Waals surface area contributed by atoms with E-state index in [1.165, 1.54) is 87.4 Å². The number of benzene rings is 6. The summed E-state index contributed by atoms with van der Waals surface area (Å²) < 4.78 is 2.80. The van der Waals surface area contributed by atoms with E-state index in [1.807, 2.05) is 11.3 Å². The Morgan fingerprint density at radius 1 is 0.643 bits per heavy atom. The van der Waals surface area contributed by atoms with E-state index in [-0.39, 0.29) is 0 Å². The van der Waals surface area contributed by atoms with Gasteiger partial charge in [-0.2, -0.15) is 0 Å². The van der Waals surface area contributed by atoms with E-state index >= 15 is 0 Å². The van der Waals surface area contributed by atoms with Gasteiger partial charge in [-0.3, -0.25) is 0 Å². The van der Waals surface area contributed by atoms with Crippen molar-refractivity contribution in [1.82, 2.24) is 0 Å². The van der Waals surface area contributed by atoms with Crippen molar-refractivity contribution in [2.75, 3.05) is 0 Å². The molecule has 1 heteroatoms. The molecule has 0 amide bonds. The number of aryl methyl sites for hydroxylation is 1. The summed E-state index contributed by atoms with van der Waals surface area (Å²) in [5.74, 6) is 1.08. The van der Waals surface area contributed by atoms with Crippen LogP contribution in [0, 0.1) is 12.8 Å². The first kappa shape index (κ1) is 24.4. The molecule has 7 aromatic rings. The van der Waals surface area contributed by atoms with Crippen molar-refractivity contribution < 1.29 is 0 Å².